The first kappa shape index (κ1) is 8.85. The number of hydroxylamine groups is 1. The van der Waals surface area contributed by atoms with E-state index < -0.39 is 25.2 Å². The van der Waals surface area contributed by atoms with E-state index in [4.69, 9.17) is 15.3 Å². The molecule has 3 atom stereocenters. The highest BCUT2D eigenvalue weighted by Gasteiger charge is 2.31. The van der Waals surface area contributed by atoms with E-state index in [1.807, 2.05) is 0 Å². The van der Waals surface area contributed by atoms with Crippen LogP contribution in [-0.4, -0.2) is 47.2 Å². The van der Waals surface area contributed by atoms with Gasteiger partial charge in [-0.3, -0.25) is 4.84 Å². The molecule has 1 aliphatic rings. The molecule has 1 heterocycles. The van der Waals surface area contributed by atoms with Gasteiger partial charge in [-0.2, -0.15) is 5.48 Å². The summed E-state index contributed by atoms with van der Waals surface area (Å²) in [6.07, 6.45) is -2.92. The lowest BCUT2D eigenvalue weighted by atomic mass is 10.2. The molecule has 0 spiro atoms. The Kier molecular flexibility index (Phi) is 3.18. The van der Waals surface area contributed by atoms with Gasteiger partial charge >= 0.3 is 0 Å². The van der Waals surface area contributed by atoms with Crippen molar-refractivity contribution in [3.05, 3.63) is 0 Å². The summed E-state index contributed by atoms with van der Waals surface area (Å²) in [4.78, 5) is 4.62. The van der Waals surface area contributed by atoms with E-state index in [0.29, 0.717) is 0 Å². The van der Waals surface area contributed by atoms with Crippen molar-refractivity contribution in [3.8, 4) is 0 Å². The van der Waals surface area contributed by atoms with E-state index in [0.717, 1.165) is 0 Å². The van der Waals surface area contributed by atoms with Crippen molar-refractivity contribution < 1.29 is 24.9 Å². The average molecular weight is 165 g/mol. The Hall–Kier alpha value is -0.240. The van der Waals surface area contributed by atoms with Gasteiger partial charge in [-0.25, -0.2) is 0 Å². The Bertz CT molecular complexity index is 119. The molecule has 66 valence electrons. The minimum atomic E-state index is -1.07. The number of aliphatic hydroxyl groups excluding tert-OH is 3. The van der Waals surface area contributed by atoms with Gasteiger partial charge in [0.05, 0.1) is 6.61 Å². The number of rotatable bonds is 2. The highest BCUT2D eigenvalue weighted by atomic mass is 16.7. The number of ether oxygens (including phenoxy) is 1. The molecule has 1 rings (SSSR count). The lowest BCUT2D eigenvalue weighted by molar-refractivity contribution is -0.234. The Balaban J connectivity index is 2.38. The fourth-order valence-electron chi connectivity index (χ4n) is 0.799. The summed E-state index contributed by atoms with van der Waals surface area (Å²) >= 11 is 0. The van der Waals surface area contributed by atoms with Gasteiger partial charge in [0, 0.05) is 0 Å². The fourth-order valence-corrected chi connectivity index (χ4v) is 0.799. The third-order valence-corrected chi connectivity index (χ3v) is 1.41. The topological polar surface area (TPSA) is 91.2 Å². The third-order valence-electron chi connectivity index (χ3n) is 1.41. The molecule has 0 radical (unpaired) electrons. The molecule has 6 heteroatoms. The zero-order chi connectivity index (χ0) is 8.27. The Morgan fingerprint density at radius 2 is 2.27 bits per heavy atom. The Morgan fingerprint density at radius 3 is 2.91 bits per heavy atom. The van der Waals surface area contributed by atoms with Crippen LogP contribution in [0.4, 0.5) is 0 Å². The summed E-state index contributed by atoms with van der Waals surface area (Å²) in [7, 11) is 0. The summed E-state index contributed by atoms with van der Waals surface area (Å²) in [5, 5.41) is 26.5. The van der Waals surface area contributed by atoms with Gasteiger partial charge in [-0.1, -0.05) is 0 Å². The molecule has 0 aromatic rings. The maximum atomic E-state index is 9.14. The summed E-state index contributed by atoms with van der Waals surface area (Å²) in [5.74, 6) is 0. The molecular weight excluding hydrogens is 154 g/mol. The molecule has 1 unspecified atom stereocenters. The summed E-state index contributed by atoms with van der Waals surface area (Å²) < 4.78 is 4.57. The van der Waals surface area contributed by atoms with Crippen molar-refractivity contribution in [2.45, 2.75) is 18.4 Å². The van der Waals surface area contributed by atoms with Crippen molar-refractivity contribution in [1.29, 1.82) is 0 Å². The van der Waals surface area contributed by atoms with Gasteiger partial charge in [-0.05, 0) is 0 Å². The normalized spacial score (nSPS) is 39.0. The average Bonchev–Trinajstić information content (AvgIpc) is 1.99. The van der Waals surface area contributed by atoms with Crippen LogP contribution in [-0.2, 0) is 9.57 Å². The van der Waals surface area contributed by atoms with Crippen LogP contribution in [0.15, 0.2) is 0 Å². The van der Waals surface area contributed by atoms with Crippen LogP contribution in [0.1, 0.15) is 0 Å². The molecule has 0 aromatic carbocycles. The highest BCUT2D eigenvalue weighted by molar-refractivity contribution is 4.75. The second-order valence-corrected chi connectivity index (χ2v) is 2.20. The number of nitrogens with one attached hydrogen (secondary N) is 1. The SMILES string of the molecule is OCOC1NOC[C@@H](O)[C@@H]1O. The monoisotopic (exact) mass is 165 g/mol. The van der Waals surface area contributed by atoms with E-state index in [1.165, 1.54) is 0 Å². The van der Waals surface area contributed by atoms with Gasteiger partial charge in [-0.15, -0.1) is 0 Å². The second kappa shape index (κ2) is 3.96. The van der Waals surface area contributed by atoms with Crippen LogP contribution >= 0.6 is 0 Å². The van der Waals surface area contributed by atoms with Gasteiger partial charge in [0.2, 0.25) is 0 Å². The smallest absolute Gasteiger partial charge is 0.161 e. The first-order valence-corrected chi connectivity index (χ1v) is 3.21. The molecule has 0 aliphatic carbocycles. The van der Waals surface area contributed by atoms with E-state index in [9.17, 15) is 0 Å². The van der Waals surface area contributed by atoms with Crippen LogP contribution < -0.4 is 5.48 Å². The molecule has 1 saturated heterocycles. The molecule has 4 N–H and O–H groups in total. The second-order valence-electron chi connectivity index (χ2n) is 2.20. The maximum absolute atomic E-state index is 9.14. The zero-order valence-corrected chi connectivity index (χ0v) is 5.80. The predicted octanol–water partition coefficient (Wildman–Crippen LogP) is -2.46. The number of aliphatic hydroxyl groups is 3. The molecule has 6 nitrogen and oxygen atoms in total. The summed E-state index contributed by atoms with van der Waals surface area (Å²) in [5.41, 5.74) is 2.31. The standard InChI is InChI=1S/C5H11NO5/c7-2-10-5-4(9)3(8)1-11-6-5/h3-9H,1-2H2/t3-,4+,5?/m1/s1. The zero-order valence-electron chi connectivity index (χ0n) is 5.80. The van der Waals surface area contributed by atoms with Crippen LogP contribution in [0.5, 0.6) is 0 Å². The Morgan fingerprint density at radius 1 is 1.55 bits per heavy atom. The maximum Gasteiger partial charge on any atom is 0.161 e. The first-order chi connectivity index (χ1) is 5.25. The minimum absolute atomic E-state index is 0.00640. The van der Waals surface area contributed by atoms with Crippen molar-refractivity contribution in [1.82, 2.24) is 5.48 Å². The molecule has 11 heavy (non-hydrogen) atoms. The number of hydrogen-bond acceptors (Lipinski definition) is 6. The molecule has 0 saturated carbocycles. The van der Waals surface area contributed by atoms with E-state index >= 15 is 0 Å². The minimum Gasteiger partial charge on any atom is -0.388 e. The Labute approximate surface area is 63.3 Å². The predicted molar refractivity (Wildman–Crippen MR) is 33.1 cm³/mol. The highest BCUT2D eigenvalue weighted by Crippen LogP contribution is 2.06. The molecule has 0 bridgehead atoms. The van der Waals surface area contributed by atoms with Gasteiger partial charge in [0.25, 0.3) is 0 Å². The molecule has 0 amide bonds. The van der Waals surface area contributed by atoms with E-state index in [2.05, 4.69) is 15.1 Å². The van der Waals surface area contributed by atoms with Gasteiger partial charge < -0.3 is 20.1 Å². The van der Waals surface area contributed by atoms with Crippen LogP contribution in [0, 0.1) is 0 Å². The fraction of sp³-hybridized carbons (Fsp3) is 1.00. The van der Waals surface area contributed by atoms with Gasteiger partial charge in [0.15, 0.2) is 6.23 Å². The van der Waals surface area contributed by atoms with Crippen LogP contribution in [0.2, 0.25) is 0 Å². The lowest BCUT2D eigenvalue weighted by Gasteiger charge is -2.31. The van der Waals surface area contributed by atoms with Crippen molar-refractivity contribution in [3.63, 3.8) is 0 Å². The van der Waals surface area contributed by atoms with E-state index in [1.54, 1.807) is 0 Å². The molecule has 1 fully saturated rings. The lowest BCUT2D eigenvalue weighted by Crippen LogP contribution is -2.55. The quantitative estimate of drug-likeness (QED) is 0.339. The van der Waals surface area contributed by atoms with Crippen molar-refractivity contribution in [2.75, 3.05) is 13.4 Å². The summed E-state index contributed by atoms with van der Waals surface area (Å²) in [6.45, 7) is -0.530. The van der Waals surface area contributed by atoms with E-state index in [-0.39, 0.29) is 6.61 Å². The third kappa shape index (κ3) is 2.09. The number of hydrogen-bond donors (Lipinski definition) is 4. The van der Waals surface area contributed by atoms with Gasteiger partial charge in [0.1, 0.15) is 19.0 Å². The largest absolute Gasteiger partial charge is 0.388 e. The van der Waals surface area contributed by atoms with Crippen LogP contribution in [0.3, 0.4) is 0 Å². The molecular formula is C5H11NO5. The first-order valence-electron chi connectivity index (χ1n) is 3.21. The molecule has 0 aromatic heterocycles. The summed E-state index contributed by atoms with van der Waals surface area (Å²) in [6, 6.07) is 0. The van der Waals surface area contributed by atoms with Crippen molar-refractivity contribution in [2.24, 2.45) is 0 Å². The van der Waals surface area contributed by atoms with Crippen molar-refractivity contribution >= 4 is 0 Å². The molecule has 1 aliphatic heterocycles. The van der Waals surface area contributed by atoms with Crippen LogP contribution in [0.25, 0.3) is 0 Å².